The Balaban J connectivity index is 1.77. The first-order valence-electron chi connectivity index (χ1n) is 8.53. The van der Waals surface area contributed by atoms with Gasteiger partial charge in [0, 0.05) is 11.8 Å². The topological polar surface area (TPSA) is 38.8 Å². The number of amides is 1. The summed E-state index contributed by atoms with van der Waals surface area (Å²) in [5.74, 6) is 1.46. The van der Waals surface area contributed by atoms with Gasteiger partial charge in [0.1, 0.15) is 13.2 Å². The maximum atomic E-state index is 12.1. The third-order valence-electron chi connectivity index (χ3n) is 5.11. The first kappa shape index (κ1) is 15.1. The van der Waals surface area contributed by atoms with Crippen molar-refractivity contribution < 1.29 is 14.3 Å². The van der Waals surface area contributed by atoms with Crippen molar-refractivity contribution in [3.63, 3.8) is 0 Å². The van der Waals surface area contributed by atoms with E-state index in [1.54, 1.807) is 0 Å². The fraction of sp³-hybridized carbons (Fsp3) is 0.350. The largest absolute Gasteiger partial charge is 0.486 e. The average Bonchev–Trinajstić information content (AvgIpc) is 3.14. The Kier molecular flexibility index (Phi) is 3.89. The van der Waals surface area contributed by atoms with E-state index < -0.39 is 0 Å². The van der Waals surface area contributed by atoms with Gasteiger partial charge in [0.05, 0.1) is 5.54 Å². The van der Waals surface area contributed by atoms with Crippen LogP contribution in [0.15, 0.2) is 48.5 Å². The van der Waals surface area contributed by atoms with E-state index in [1.165, 1.54) is 5.56 Å². The van der Waals surface area contributed by atoms with Crippen LogP contribution in [0.3, 0.4) is 0 Å². The van der Waals surface area contributed by atoms with E-state index in [1.807, 2.05) is 41.3 Å². The number of anilines is 1. The van der Waals surface area contributed by atoms with Crippen molar-refractivity contribution in [1.29, 1.82) is 0 Å². The van der Waals surface area contributed by atoms with Gasteiger partial charge in [-0.2, -0.15) is 0 Å². The lowest BCUT2D eigenvalue weighted by molar-refractivity contribution is -0.108. The van der Waals surface area contributed by atoms with Crippen molar-refractivity contribution in [2.45, 2.75) is 31.2 Å². The van der Waals surface area contributed by atoms with Gasteiger partial charge < -0.3 is 14.4 Å². The number of ether oxygens (including phenoxy) is 2. The molecular formula is C20H21NO3. The van der Waals surface area contributed by atoms with Crippen LogP contribution in [0.4, 0.5) is 5.69 Å². The van der Waals surface area contributed by atoms with Gasteiger partial charge >= 0.3 is 0 Å². The van der Waals surface area contributed by atoms with Gasteiger partial charge in [-0.1, -0.05) is 43.2 Å². The SMILES string of the molecule is O=CN(c1ccc2c(c1)OCCO2)C1(c2ccccc2)CCCC1. The molecule has 0 N–H and O–H groups in total. The van der Waals surface area contributed by atoms with Crippen LogP contribution < -0.4 is 14.4 Å². The Hall–Kier alpha value is -2.49. The Labute approximate surface area is 142 Å². The van der Waals surface area contributed by atoms with Crippen LogP contribution in [0, 0.1) is 0 Å². The predicted octanol–water partition coefficient (Wildman–Crippen LogP) is 3.89. The molecule has 1 aliphatic carbocycles. The van der Waals surface area contributed by atoms with E-state index in [4.69, 9.17) is 9.47 Å². The van der Waals surface area contributed by atoms with Crippen molar-refractivity contribution in [1.82, 2.24) is 0 Å². The summed E-state index contributed by atoms with van der Waals surface area (Å²) < 4.78 is 11.3. The monoisotopic (exact) mass is 323 g/mol. The van der Waals surface area contributed by atoms with Crippen LogP contribution in [0.25, 0.3) is 0 Å². The predicted molar refractivity (Wildman–Crippen MR) is 92.6 cm³/mol. The molecule has 0 atom stereocenters. The van der Waals surface area contributed by atoms with E-state index in [0.717, 1.165) is 43.5 Å². The molecule has 1 heterocycles. The van der Waals surface area contributed by atoms with Gasteiger partial charge in [0.15, 0.2) is 11.5 Å². The van der Waals surface area contributed by atoms with Gasteiger partial charge in [-0.25, -0.2) is 0 Å². The van der Waals surface area contributed by atoms with Crippen LogP contribution in [-0.2, 0) is 10.3 Å². The molecule has 4 rings (SSSR count). The molecule has 2 aromatic carbocycles. The maximum Gasteiger partial charge on any atom is 0.214 e. The second-order valence-electron chi connectivity index (χ2n) is 6.41. The van der Waals surface area contributed by atoms with Crippen LogP contribution >= 0.6 is 0 Å². The van der Waals surface area contributed by atoms with Crippen molar-refractivity contribution in [2.75, 3.05) is 18.1 Å². The first-order valence-corrected chi connectivity index (χ1v) is 8.53. The molecule has 0 unspecified atom stereocenters. The Morgan fingerprint density at radius 3 is 2.33 bits per heavy atom. The van der Waals surface area contributed by atoms with Crippen LogP contribution in [0.5, 0.6) is 11.5 Å². The van der Waals surface area contributed by atoms with Gasteiger partial charge in [-0.05, 0) is 30.5 Å². The molecule has 1 saturated carbocycles. The zero-order chi connectivity index (χ0) is 16.4. The number of benzene rings is 2. The molecule has 4 nitrogen and oxygen atoms in total. The number of fused-ring (bicyclic) bond motifs is 1. The van der Waals surface area contributed by atoms with Crippen LogP contribution in [0.1, 0.15) is 31.2 Å². The molecule has 1 fully saturated rings. The highest BCUT2D eigenvalue weighted by Gasteiger charge is 2.41. The zero-order valence-electron chi connectivity index (χ0n) is 13.6. The third-order valence-corrected chi connectivity index (χ3v) is 5.11. The minimum atomic E-state index is -0.271. The number of hydrogen-bond donors (Lipinski definition) is 0. The Morgan fingerprint density at radius 1 is 0.917 bits per heavy atom. The Morgan fingerprint density at radius 2 is 1.62 bits per heavy atom. The fourth-order valence-electron chi connectivity index (χ4n) is 3.97. The van der Waals surface area contributed by atoms with Crippen molar-refractivity contribution >= 4 is 12.1 Å². The summed E-state index contributed by atoms with van der Waals surface area (Å²) in [5, 5.41) is 0. The molecule has 1 amide bonds. The summed E-state index contributed by atoms with van der Waals surface area (Å²) in [6, 6.07) is 16.1. The minimum absolute atomic E-state index is 0.271. The highest BCUT2D eigenvalue weighted by atomic mass is 16.6. The lowest BCUT2D eigenvalue weighted by Crippen LogP contribution is -2.43. The number of hydrogen-bond acceptors (Lipinski definition) is 3. The van der Waals surface area contributed by atoms with E-state index in [0.29, 0.717) is 19.0 Å². The molecule has 4 heteroatoms. The summed E-state index contributed by atoms with van der Waals surface area (Å²) in [4.78, 5) is 14.0. The third kappa shape index (κ3) is 2.42. The molecule has 1 aliphatic heterocycles. The van der Waals surface area contributed by atoms with Crippen molar-refractivity contribution in [3.8, 4) is 11.5 Å². The molecule has 0 spiro atoms. The molecule has 24 heavy (non-hydrogen) atoms. The normalized spacial score (nSPS) is 18.2. The lowest BCUT2D eigenvalue weighted by Gasteiger charge is -2.40. The lowest BCUT2D eigenvalue weighted by atomic mass is 9.86. The smallest absolute Gasteiger partial charge is 0.214 e. The zero-order valence-corrected chi connectivity index (χ0v) is 13.6. The van der Waals surface area contributed by atoms with Crippen LogP contribution in [-0.4, -0.2) is 19.6 Å². The summed E-state index contributed by atoms with van der Waals surface area (Å²) in [6.07, 6.45) is 5.17. The highest BCUT2D eigenvalue weighted by Crippen LogP contribution is 2.46. The van der Waals surface area contributed by atoms with Gasteiger partial charge in [0.2, 0.25) is 6.41 Å². The molecule has 0 aromatic heterocycles. The molecular weight excluding hydrogens is 302 g/mol. The number of carbonyl (C=O) groups is 1. The number of rotatable bonds is 4. The fourth-order valence-corrected chi connectivity index (χ4v) is 3.97. The van der Waals surface area contributed by atoms with E-state index >= 15 is 0 Å². The molecule has 0 saturated heterocycles. The average molecular weight is 323 g/mol. The second-order valence-corrected chi connectivity index (χ2v) is 6.41. The molecule has 0 radical (unpaired) electrons. The molecule has 0 bridgehead atoms. The molecule has 124 valence electrons. The summed E-state index contributed by atoms with van der Waals surface area (Å²) in [5.41, 5.74) is 1.79. The van der Waals surface area contributed by atoms with E-state index in [-0.39, 0.29) is 5.54 Å². The summed E-state index contributed by atoms with van der Waals surface area (Å²) in [7, 11) is 0. The number of nitrogens with zero attached hydrogens (tertiary/aromatic N) is 1. The standard InChI is InChI=1S/C20H21NO3/c22-15-21(17-8-9-18-19(14-17)24-13-12-23-18)20(10-4-5-11-20)16-6-2-1-3-7-16/h1-3,6-9,14-15H,4-5,10-13H2. The maximum absolute atomic E-state index is 12.1. The second kappa shape index (κ2) is 6.19. The van der Waals surface area contributed by atoms with E-state index in [2.05, 4.69) is 12.1 Å². The minimum Gasteiger partial charge on any atom is -0.486 e. The van der Waals surface area contributed by atoms with Crippen molar-refractivity contribution in [3.05, 3.63) is 54.1 Å². The first-order chi connectivity index (χ1) is 11.8. The molecule has 2 aromatic rings. The summed E-state index contributed by atoms with van der Waals surface area (Å²) >= 11 is 0. The van der Waals surface area contributed by atoms with E-state index in [9.17, 15) is 4.79 Å². The Bertz CT molecular complexity index is 723. The highest BCUT2D eigenvalue weighted by molar-refractivity contribution is 5.79. The van der Waals surface area contributed by atoms with Crippen LogP contribution in [0.2, 0.25) is 0 Å². The summed E-state index contributed by atoms with van der Waals surface area (Å²) in [6.45, 7) is 1.11. The quantitative estimate of drug-likeness (QED) is 0.801. The number of carbonyl (C=O) groups excluding carboxylic acids is 1. The molecule has 2 aliphatic rings. The van der Waals surface area contributed by atoms with Gasteiger partial charge in [-0.3, -0.25) is 4.79 Å². The van der Waals surface area contributed by atoms with Gasteiger partial charge in [-0.15, -0.1) is 0 Å². The van der Waals surface area contributed by atoms with Crippen molar-refractivity contribution in [2.24, 2.45) is 0 Å². The van der Waals surface area contributed by atoms with Gasteiger partial charge in [0.25, 0.3) is 0 Å².